The van der Waals surface area contributed by atoms with Gasteiger partial charge in [-0.15, -0.1) is 0 Å². The minimum Gasteiger partial charge on any atom is -0.471 e. The van der Waals surface area contributed by atoms with Gasteiger partial charge in [0, 0.05) is 23.5 Å². The molecule has 0 aliphatic carbocycles. The third kappa shape index (κ3) is 3.69. The van der Waals surface area contributed by atoms with E-state index in [0.29, 0.717) is 0 Å². The first-order chi connectivity index (χ1) is 11.3. The van der Waals surface area contributed by atoms with Gasteiger partial charge in [0.1, 0.15) is 6.26 Å². The van der Waals surface area contributed by atoms with E-state index in [4.69, 9.17) is 4.42 Å². The van der Waals surface area contributed by atoms with Crippen LogP contribution in [0.4, 0.5) is 5.69 Å². The van der Waals surface area contributed by atoms with E-state index in [9.17, 15) is 0 Å². The van der Waals surface area contributed by atoms with E-state index in [1.165, 1.54) is 5.56 Å². The summed E-state index contributed by atoms with van der Waals surface area (Å²) in [6.45, 7) is 7.55. The molecule has 0 radical (unpaired) electrons. The summed E-state index contributed by atoms with van der Waals surface area (Å²) >= 11 is 0. The second-order valence-electron chi connectivity index (χ2n) is 5.61. The molecule has 3 rings (SSSR count). The lowest BCUT2D eigenvalue weighted by molar-refractivity contribution is 0.296. The summed E-state index contributed by atoms with van der Waals surface area (Å²) in [5.41, 5.74) is 3.38. The van der Waals surface area contributed by atoms with Crippen molar-refractivity contribution in [2.75, 3.05) is 13.1 Å². The zero-order valence-corrected chi connectivity index (χ0v) is 13.7. The predicted molar refractivity (Wildman–Crippen MR) is 96.5 cm³/mol. The van der Waals surface area contributed by atoms with Gasteiger partial charge in [-0.05, 0) is 30.3 Å². The minimum absolute atomic E-state index is 0.934. The zero-order valence-electron chi connectivity index (χ0n) is 13.7. The molecule has 0 spiro atoms. The Morgan fingerprint density at radius 2 is 1.78 bits per heavy atom. The molecule has 3 aromatic rings. The van der Waals surface area contributed by atoms with Crippen LogP contribution >= 0.6 is 0 Å². The van der Waals surface area contributed by atoms with Gasteiger partial charge in [0.2, 0.25) is 0 Å². The van der Waals surface area contributed by atoms with Crippen LogP contribution in [0.5, 0.6) is 0 Å². The summed E-state index contributed by atoms with van der Waals surface area (Å²) in [5.74, 6) is 0. The Balaban J connectivity index is 1.74. The highest BCUT2D eigenvalue weighted by molar-refractivity contribution is 5.94. The zero-order chi connectivity index (χ0) is 16.1. The van der Waals surface area contributed by atoms with Gasteiger partial charge >= 0.3 is 0 Å². The molecular weight excluding hydrogens is 284 g/mol. The number of rotatable bonds is 6. The van der Waals surface area contributed by atoms with E-state index in [1.807, 2.05) is 24.4 Å². The second-order valence-corrected chi connectivity index (χ2v) is 5.61. The van der Waals surface area contributed by atoms with E-state index >= 15 is 0 Å². The highest BCUT2D eigenvalue weighted by atomic mass is 16.3. The van der Waals surface area contributed by atoms with E-state index in [1.54, 1.807) is 12.5 Å². The lowest BCUT2D eigenvalue weighted by Crippen LogP contribution is -2.21. The molecule has 0 amide bonds. The van der Waals surface area contributed by atoms with Crippen LogP contribution in [0, 0.1) is 0 Å². The molecular formula is C20H22N2O. The van der Waals surface area contributed by atoms with Gasteiger partial charge in [-0.1, -0.05) is 50.2 Å². The van der Waals surface area contributed by atoms with Crippen LogP contribution < -0.4 is 0 Å². The Bertz CT molecular complexity index is 783. The highest BCUT2D eigenvalue weighted by Gasteiger charge is 2.02. The molecule has 118 valence electrons. The van der Waals surface area contributed by atoms with E-state index in [2.05, 4.69) is 48.0 Å². The fourth-order valence-corrected chi connectivity index (χ4v) is 2.65. The van der Waals surface area contributed by atoms with Gasteiger partial charge in [0.05, 0.1) is 12.0 Å². The van der Waals surface area contributed by atoms with Crippen molar-refractivity contribution in [1.29, 1.82) is 0 Å². The average molecular weight is 306 g/mol. The summed E-state index contributed by atoms with van der Waals surface area (Å²) in [4.78, 5) is 7.01. The molecule has 23 heavy (non-hydrogen) atoms. The van der Waals surface area contributed by atoms with Crippen molar-refractivity contribution in [1.82, 2.24) is 4.90 Å². The first kappa shape index (κ1) is 15.5. The van der Waals surface area contributed by atoms with Crippen molar-refractivity contribution >= 4 is 22.7 Å². The molecule has 0 aliphatic rings. The molecule has 1 aromatic heterocycles. The molecule has 0 unspecified atom stereocenters. The SMILES string of the molecule is CCN(CC)Cc1ccc(C=Nc2cccc3cocc23)cc1. The number of hydrogen-bond donors (Lipinski definition) is 0. The molecule has 2 aromatic carbocycles. The summed E-state index contributed by atoms with van der Waals surface area (Å²) < 4.78 is 5.25. The molecule has 0 saturated heterocycles. The van der Waals surface area contributed by atoms with Gasteiger partial charge < -0.3 is 4.42 Å². The molecule has 3 heteroatoms. The van der Waals surface area contributed by atoms with Crippen molar-refractivity contribution in [3.63, 3.8) is 0 Å². The number of hydrogen-bond acceptors (Lipinski definition) is 3. The van der Waals surface area contributed by atoms with Crippen molar-refractivity contribution in [3.8, 4) is 0 Å². The van der Waals surface area contributed by atoms with Crippen LogP contribution in [0.25, 0.3) is 10.8 Å². The maximum Gasteiger partial charge on any atom is 0.100 e. The smallest absolute Gasteiger partial charge is 0.100 e. The largest absolute Gasteiger partial charge is 0.471 e. The van der Waals surface area contributed by atoms with E-state index in [-0.39, 0.29) is 0 Å². The summed E-state index contributed by atoms with van der Waals surface area (Å²) in [6.07, 6.45) is 5.40. The van der Waals surface area contributed by atoms with Gasteiger partial charge in [0.15, 0.2) is 0 Å². The quantitative estimate of drug-likeness (QED) is 0.598. The third-order valence-electron chi connectivity index (χ3n) is 4.13. The number of fused-ring (bicyclic) bond motifs is 1. The van der Waals surface area contributed by atoms with Crippen molar-refractivity contribution in [2.45, 2.75) is 20.4 Å². The van der Waals surface area contributed by atoms with Crippen molar-refractivity contribution in [2.24, 2.45) is 4.99 Å². The standard InChI is InChI=1S/C20H22N2O/c1-3-22(4-2)13-17-10-8-16(9-11-17)12-21-20-7-5-6-18-14-23-15-19(18)20/h5-12,14-15H,3-4,13H2,1-2H3. The van der Waals surface area contributed by atoms with Gasteiger partial charge in [-0.2, -0.15) is 0 Å². The van der Waals surface area contributed by atoms with Crippen LogP contribution in [0.1, 0.15) is 25.0 Å². The van der Waals surface area contributed by atoms with Gasteiger partial charge in [0.25, 0.3) is 0 Å². The summed E-state index contributed by atoms with van der Waals surface area (Å²) in [6, 6.07) is 14.6. The summed E-state index contributed by atoms with van der Waals surface area (Å²) in [5, 5.41) is 2.12. The number of aliphatic imine (C=N–C) groups is 1. The highest BCUT2D eigenvalue weighted by Crippen LogP contribution is 2.26. The Morgan fingerprint density at radius 3 is 2.52 bits per heavy atom. The lowest BCUT2D eigenvalue weighted by atomic mass is 10.1. The monoisotopic (exact) mass is 306 g/mol. The van der Waals surface area contributed by atoms with Crippen molar-refractivity contribution < 1.29 is 4.42 Å². The van der Waals surface area contributed by atoms with Gasteiger partial charge in [-0.25, -0.2) is 0 Å². The molecule has 0 bridgehead atoms. The maximum absolute atomic E-state index is 5.25. The topological polar surface area (TPSA) is 28.7 Å². The van der Waals surface area contributed by atoms with Gasteiger partial charge in [-0.3, -0.25) is 9.89 Å². The maximum atomic E-state index is 5.25. The molecule has 0 aliphatic heterocycles. The molecule has 0 fully saturated rings. The molecule has 0 atom stereocenters. The van der Waals surface area contributed by atoms with Crippen LogP contribution in [-0.4, -0.2) is 24.2 Å². The predicted octanol–water partition coefficient (Wildman–Crippen LogP) is 5.03. The molecule has 0 N–H and O–H groups in total. The lowest BCUT2D eigenvalue weighted by Gasteiger charge is -2.17. The Hall–Kier alpha value is -2.39. The fourth-order valence-electron chi connectivity index (χ4n) is 2.65. The third-order valence-corrected chi connectivity index (χ3v) is 4.13. The normalized spacial score (nSPS) is 11.8. The first-order valence-corrected chi connectivity index (χ1v) is 8.10. The van der Waals surface area contributed by atoms with Crippen LogP contribution in [0.2, 0.25) is 0 Å². The fraction of sp³-hybridized carbons (Fsp3) is 0.250. The molecule has 0 saturated carbocycles. The average Bonchev–Trinajstić information content (AvgIpc) is 3.08. The Labute approximate surface area is 137 Å². The van der Waals surface area contributed by atoms with Crippen molar-refractivity contribution in [3.05, 3.63) is 66.1 Å². The van der Waals surface area contributed by atoms with Crippen LogP contribution in [0.15, 0.2) is 64.4 Å². The number of benzene rings is 2. The molecule has 1 heterocycles. The molecule has 3 nitrogen and oxygen atoms in total. The number of nitrogens with zero attached hydrogens (tertiary/aromatic N) is 2. The van der Waals surface area contributed by atoms with Crippen LogP contribution in [0.3, 0.4) is 0 Å². The Kier molecular flexibility index (Phi) is 4.89. The van der Waals surface area contributed by atoms with E-state index in [0.717, 1.165) is 41.7 Å². The van der Waals surface area contributed by atoms with Crippen LogP contribution in [-0.2, 0) is 6.54 Å². The number of furan rings is 1. The first-order valence-electron chi connectivity index (χ1n) is 8.10. The minimum atomic E-state index is 0.934. The second kappa shape index (κ2) is 7.25. The Morgan fingerprint density at radius 1 is 1.00 bits per heavy atom. The van der Waals surface area contributed by atoms with E-state index < -0.39 is 0 Å². The summed E-state index contributed by atoms with van der Waals surface area (Å²) in [7, 11) is 0.